The second kappa shape index (κ2) is 5.36. The van der Waals surface area contributed by atoms with E-state index in [-0.39, 0.29) is 11.2 Å². The molecule has 0 amide bonds. The Morgan fingerprint density at radius 3 is 1.53 bits per heavy atom. The second-order valence-electron chi connectivity index (χ2n) is 5.84. The summed E-state index contributed by atoms with van der Waals surface area (Å²) in [7, 11) is -2.36. The maximum absolute atomic E-state index is 5.61. The molecule has 0 radical (unpaired) electrons. The van der Waals surface area contributed by atoms with Gasteiger partial charge in [-0.1, -0.05) is 13.8 Å². The fourth-order valence-corrected chi connectivity index (χ4v) is 2.33. The van der Waals surface area contributed by atoms with E-state index in [1.807, 2.05) is 13.1 Å². The third-order valence-electron chi connectivity index (χ3n) is 3.57. The molecule has 17 heavy (non-hydrogen) atoms. The lowest BCUT2D eigenvalue weighted by Gasteiger charge is -2.30. The minimum Gasteiger partial charge on any atom is -0.248 e. The quantitative estimate of drug-likeness (QED) is 0.561. The van der Waals surface area contributed by atoms with Gasteiger partial charge in [0.2, 0.25) is 0 Å². The molecule has 0 N–H and O–H groups in total. The third-order valence-corrected chi connectivity index (χ3v) is 4.53. The summed E-state index contributed by atoms with van der Waals surface area (Å²) in [5, 5.41) is 0. The van der Waals surface area contributed by atoms with Gasteiger partial charge >= 0.3 is 8.56 Å². The molecule has 1 aliphatic rings. The van der Waals surface area contributed by atoms with Crippen LogP contribution in [0, 0.1) is 0 Å². The molecule has 0 aromatic heterocycles. The highest BCUT2D eigenvalue weighted by Crippen LogP contribution is 2.33. The monoisotopic (exact) mass is 262 g/mol. The molecule has 5 heteroatoms. The van der Waals surface area contributed by atoms with Gasteiger partial charge in [-0.15, -0.1) is 0 Å². The van der Waals surface area contributed by atoms with E-state index in [1.165, 1.54) is 0 Å². The fourth-order valence-electron chi connectivity index (χ4n) is 1.50. The molecule has 1 rings (SSSR count). The third kappa shape index (κ3) is 4.33. The van der Waals surface area contributed by atoms with Gasteiger partial charge in [0.1, 0.15) is 0 Å². The Morgan fingerprint density at radius 1 is 0.882 bits per heavy atom. The topological polar surface area (TPSA) is 36.9 Å². The lowest BCUT2D eigenvalue weighted by Crippen LogP contribution is -2.40. The Morgan fingerprint density at radius 2 is 1.24 bits per heavy atom. The molecule has 2 atom stereocenters. The summed E-state index contributed by atoms with van der Waals surface area (Å²) in [5.74, 6) is 0. The normalized spacial score (nSPS) is 39.2. The van der Waals surface area contributed by atoms with Crippen molar-refractivity contribution in [3.63, 3.8) is 0 Å². The molecular formula is C12H26O4Si. The Balaban J connectivity index is 2.83. The van der Waals surface area contributed by atoms with Gasteiger partial charge < -0.3 is 0 Å². The summed E-state index contributed by atoms with van der Waals surface area (Å²) < 4.78 is 11.0. The smallest absolute Gasteiger partial charge is 0.248 e. The van der Waals surface area contributed by atoms with Gasteiger partial charge in [0.05, 0.1) is 11.2 Å². The minimum atomic E-state index is -2.36. The van der Waals surface area contributed by atoms with E-state index in [2.05, 4.69) is 27.7 Å². The van der Waals surface area contributed by atoms with E-state index in [1.54, 1.807) is 0 Å². The predicted octanol–water partition coefficient (Wildman–Crippen LogP) is 3.72. The zero-order valence-corrected chi connectivity index (χ0v) is 13.0. The first-order chi connectivity index (χ1) is 7.74. The molecule has 1 fully saturated rings. The SMILES string of the molecule is CCC1(C)CCC(C)(CC)OO[Si](C)(C)OO1. The van der Waals surface area contributed by atoms with Crippen LogP contribution in [-0.4, -0.2) is 19.8 Å². The van der Waals surface area contributed by atoms with Crippen molar-refractivity contribution in [1.82, 2.24) is 0 Å². The van der Waals surface area contributed by atoms with Crippen molar-refractivity contribution in [2.45, 2.75) is 77.7 Å². The molecule has 4 nitrogen and oxygen atoms in total. The first-order valence-corrected chi connectivity index (χ1v) is 9.29. The molecule has 0 spiro atoms. The van der Waals surface area contributed by atoms with Crippen LogP contribution in [0.4, 0.5) is 0 Å². The van der Waals surface area contributed by atoms with Crippen molar-refractivity contribution >= 4 is 8.56 Å². The molecule has 102 valence electrons. The van der Waals surface area contributed by atoms with E-state index in [0.29, 0.717) is 0 Å². The summed E-state index contributed by atoms with van der Waals surface area (Å²) in [4.78, 5) is 11.2. The van der Waals surface area contributed by atoms with Crippen molar-refractivity contribution in [2.75, 3.05) is 0 Å². The van der Waals surface area contributed by atoms with Crippen LogP contribution in [0.15, 0.2) is 0 Å². The first-order valence-electron chi connectivity index (χ1n) is 6.48. The summed E-state index contributed by atoms with van der Waals surface area (Å²) in [6.45, 7) is 12.2. The largest absolute Gasteiger partial charge is 0.403 e. The number of rotatable bonds is 2. The minimum absolute atomic E-state index is 0.252. The zero-order chi connectivity index (χ0) is 13.2. The molecule has 1 aliphatic heterocycles. The van der Waals surface area contributed by atoms with Crippen molar-refractivity contribution in [3.8, 4) is 0 Å². The van der Waals surface area contributed by atoms with E-state index in [0.717, 1.165) is 25.7 Å². The van der Waals surface area contributed by atoms with Gasteiger partial charge in [-0.05, 0) is 52.6 Å². The molecule has 0 aromatic rings. The molecule has 0 aromatic carbocycles. The van der Waals surface area contributed by atoms with E-state index in [4.69, 9.17) is 18.9 Å². The number of hydrogen-bond donors (Lipinski definition) is 0. The van der Waals surface area contributed by atoms with Crippen molar-refractivity contribution < 1.29 is 18.9 Å². The highest BCUT2D eigenvalue weighted by atomic mass is 28.4. The molecule has 0 saturated carbocycles. The molecule has 1 heterocycles. The average Bonchev–Trinajstić information content (AvgIpc) is 2.35. The van der Waals surface area contributed by atoms with E-state index >= 15 is 0 Å². The lowest BCUT2D eigenvalue weighted by atomic mass is 9.88. The second-order valence-corrected chi connectivity index (χ2v) is 8.97. The summed E-state index contributed by atoms with van der Waals surface area (Å²) in [6.07, 6.45) is 3.64. The van der Waals surface area contributed by atoms with E-state index in [9.17, 15) is 0 Å². The van der Waals surface area contributed by atoms with Crippen LogP contribution >= 0.6 is 0 Å². The van der Waals surface area contributed by atoms with Crippen LogP contribution in [0.1, 0.15) is 53.4 Å². The fraction of sp³-hybridized carbons (Fsp3) is 1.00. The zero-order valence-electron chi connectivity index (χ0n) is 12.0. The number of hydrogen-bond acceptors (Lipinski definition) is 4. The average molecular weight is 262 g/mol. The summed E-state index contributed by atoms with van der Waals surface area (Å²) in [6, 6.07) is 0. The maximum Gasteiger partial charge on any atom is 0.403 e. The van der Waals surface area contributed by atoms with Gasteiger partial charge in [0, 0.05) is 0 Å². The van der Waals surface area contributed by atoms with Gasteiger partial charge in [0.25, 0.3) is 0 Å². The van der Waals surface area contributed by atoms with Gasteiger partial charge in [0.15, 0.2) is 0 Å². The Kier molecular flexibility index (Phi) is 4.77. The van der Waals surface area contributed by atoms with Crippen LogP contribution in [-0.2, 0) is 18.9 Å². The molecule has 0 bridgehead atoms. The van der Waals surface area contributed by atoms with E-state index < -0.39 is 8.56 Å². The van der Waals surface area contributed by atoms with Gasteiger partial charge in [-0.2, -0.15) is 0 Å². The Hall–Kier alpha value is 0.0569. The van der Waals surface area contributed by atoms with Crippen LogP contribution in [0.5, 0.6) is 0 Å². The standard InChI is InChI=1S/C12H26O4Si/c1-7-11(3)9-10-12(4,8-2)14-16-17(5,6)15-13-11/h7-10H2,1-6H3. The highest BCUT2D eigenvalue weighted by molar-refractivity contribution is 6.64. The lowest BCUT2D eigenvalue weighted by molar-refractivity contribution is -0.342. The van der Waals surface area contributed by atoms with Gasteiger partial charge in [-0.25, -0.2) is 18.9 Å². The van der Waals surface area contributed by atoms with Crippen LogP contribution in [0.3, 0.4) is 0 Å². The first kappa shape index (κ1) is 15.1. The Bertz CT molecular complexity index is 235. The van der Waals surface area contributed by atoms with Crippen molar-refractivity contribution in [3.05, 3.63) is 0 Å². The van der Waals surface area contributed by atoms with Crippen LogP contribution in [0.2, 0.25) is 13.1 Å². The van der Waals surface area contributed by atoms with Crippen LogP contribution < -0.4 is 0 Å². The summed E-state index contributed by atoms with van der Waals surface area (Å²) >= 11 is 0. The van der Waals surface area contributed by atoms with Crippen LogP contribution in [0.25, 0.3) is 0 Å². The molecule has 0 aliphatic carbocycles. The highest BCUT2D eigenvalue weighted by Gasteiger charge is 2.40. The maximum atomic E-state index is 5.61. The summed E-state index contributed by atoms with van der Waals surface area (Å²) in [5.41, 5.74) is -0.504. The molecule has 2 unspecified atom stereocenters. The van der Waals surface area contributed by atoms with Crippen molar-refractivity contribution in [1.29, 1.82) is 0 Å². The molecular weight excluding hydrogens is 236 g/mol. The predicted molar refractivity (Wildman–Crippen MR) is 68.4 cm³/mol. The van der Waals surface area contributed by atoms with Crippen molar-refractivity contribution in [2.24, 2.45) is 0 Å². The molecule has 1 saturated heterocycles. The Labute approximate surface area is 106 Å². The van der Waals surface area contributed by atoms with Gasteiger partial charge in [-0.3, -0.25) is 0 Å².